The summed E-state index contributed by atoms with van der Waals surface area (Å²) in [5.74, 6) is -0.141. The highest BCUT2D eigenvalue weighted by molar-refractivity contribution is 7.21. The zero-order valence-electron chi connectivity index (χ0n) is 19.1. The molecule has 0 radical (unpaired) electrons. The first-order valence-electron chi connectivity index (χ1n) is 11.5. The van der Waals surface area contributed by atoms with Gasteiger partial charge in [-0.1, -0.05) is 6.07 Å². The van der Waals surface area contributed by atoms with Crippen LogP contribution in [0.3, 0.4) is 0 Å². The highest BCUT2D eigenvalue weighted by Crippen LogP contribution is 2.33. The van der Waals surface area contributed by atoms with E-state index in [1.165, 1.54) is 11.3 Å². The van der Waals surface area contributed by atoms with Crippen LogP contribution in [-0.2, 0) is 12.8 Å². The third-order valence-electron chi connectivity index (χ3n) is 6.91. The molecule has 0 aromatic carbocycles. The predicted octanol–water partition coefficient (Wildman–Crippen LogP) is 3.16. The maximum absolute atomic E-state index is 13.4. The Morgan fingerprint density at radius 1 is 1.24 bits per heavy atom. The standard InChI is InChI=1S/C24H28F2N6OS/c1-12-3-6-15-20(27)21(34-24(15)29-12)23(33)30-14-5-7-17-13(9-14)4-8-19(31-17)32-10-16(22(25)26)18(11-32)28-2/h3-4,6,8,14,16,18,22,28H,5,7,9-11,27H2,1-2H3,(H,30,33)/t14-,16+,18+/m0/s1. The summed E-state index contributed by atoms with van der Waals surface area (Å²) < 4.78 is 26.8. The van der Waals surface area contributed by atoms with Gasteiger partial charge in [0.05, 0.1) is 11.6 Å². The molecule has 0 saturated carbocycles. The smallest absolute Gasteiger partial charge is 0.263 e. The van der Waals surface area contributed by atoms with Crippen molar-refractivity contribution in [3.05, 3.63) is 46.1 Å². The number of halogens is 2. The number of fused-ring (bicyclic) bond motifs is 2. The van der Waals surface area contributed by atoms with E-state index in [1.54, 1.807) is 7.05 Å². The van der Waals surface area contributed by atoms with Crippen molar-refractivity contribution in [3.63, 3.8) is 0 Å². The summed E-state index contributed by atoms with van der Waals surface area (Å²) in [6, 6.07) is 7.44. The predicted molar refractivity (Wildman–Crippen MR) is 131 cm³/mol. The number of aryl methyl sites for hydroxylation is 2. The number of anilines is 2. The van der Waals surface area contributed by atoms with Crippen molar-refractivity contribution in [2.75, 3.05) is 30.8 Å². The first-order valence-corrected chi connectivity index (χ1v) is 12.3. The lowest BCUT2D eigenvalue weighted by atomic mass is 9.91. The molecule has 7 nitrogen and oxygen atoms in total. The molecule has 3 aromatic heterocycles. The number of pyridine rings is 2. The van der Waals surface area contributed by atoms with E-state index in [9.17, 15) is 13.6 Å². The van der Waals surface area contributed by atoms with Crippen molar-refractivity contribution in [1.29, 1.82) is 0 Å². The van der Waals surface area contributed by atoms with Crippen molar-refractivity contribution in [2.24, 2.45) is 5.92 Å². The van der Waals surface area contributed by atoms with E-state index in [2.05, 4.69) is 15.6 Å². The molecule has 180 valence electrons. The number of nitrogens with two attached hydrogens (primary N) is 1. The molecule has 2 aliphatic rings. The lowest BCUT2D eigenvalue weighted by Crippen LogP contribution is -2.39. The van der Waals surface area contributed by atoms with Crippen LogP contribution in [0, 0.1) is 12.8 Å². The minimum absolute atomic E-state index is 0.0179. The summed E-state index contributed by atoms with van der Waals surface area (Å²) in [7, 11) is 1.72. The molecule has 5 rings (SSSR count). The van der Waals surface area contributed by atoms with Crippen LogP contribution >= 0.6 is 11.3 Å². The molecular weight excluding hydrogens is 458 g/mol. The number of rotatable bonds is 5. The second-order valence-electron chi connectivity index (χ2n) is 9.14. The molecule has 4 heterocycles. The van der Waals surface area contributed by atoms with Crippen LogP contribution in [-0.4, -0.2) is 54.5 Å². The minimum Gasteiger partial charge on any atom is -0.397 e. The fourth-order valence-corrected chi connectivity index (χ4v) is 6.03. The number of nitrogens with one attached hydrogen (secondary N) is 2. The number of carbonyl (C=O) groups excluding carboxylic acids is 1. The number of hydrogen-bond donors (Lipinski definition) is 3. The molecule has 1 aliphatic heterocycles. The van der Waals surface area contributed by atoms with Crippen LogP contribution in [0.2, 0.25) is 0 Å². The van der Waals surface area contributed by atoms with Crippen LogP contribution in [0.4, 0.5) is 20.3 Å². The molecule has 1 saturated heterocycles. The summed E-state index contributed by atoms with van der Waals surface area (Å²) in [4.78, 5) is 25.5. The van der Waals surface area contributed by atoms with Gasteiger partial charge < -0.3 is 21.3 Å². The number of likely N-dealkylation sites (N-methyl/N-ethyl adjacent to an activating group) is 1. The van der Waals surface area contributed by atoms with Gasteiger partial charge in [-0.05, 0) is 57.0 Å². The number of thiophene rings is 1. The topological polar surface area (TPSA) is 96.2 Å². The molecular formula is C24H28F2N6OS. The first-order chi connectivity index (χ1) is 16.3. The number of carbonyl (C=O) groups is 1. The lowest BCUT2D eigenvalue weighted by Gasteiger charge is -2.26. The average molecular weight is 487 g/mol. The zero-order valence-corrected chi connectivity index (χ0v) is 20.0. The number of aromatic nitrogens is 2. The van der Waals surface area contributed by atoms with Gasteiger partial charge >= 0.3 is 0 Å². The van der Waals surface area contributed by atoms with Gasteiger partial charge in [-0.15, -0.1) is 11.3 Å². The van der Waals surface area contributed by atoms with Crippen LogP contribution < -0.4 is 21.3 Å². The van der Waals surface area contributed by atoms with Gasteiger partial charge in [0.15, 0.2) is 0 Å². The van der Waals surface area contributed by atoms with Crippen molar-refractivity contribution >= 4 is 39.0 Å². The third kappa shape index (κ3) is 4.20. The molecule has 3 aromatic rings. The monoisotopic (exact) mass is 486 g/mol. The summed E-state index contributed by atoms with van der Waals surface area (Å²) in [5.41, 5.74) is 9.66. The highest BCUT2D eigenvalue weighted by atomic mass is 32.1. The van der Waals surface area contributed by atoms with Gasteiger partial charge in [0, 0.05) is 41.9 Å². The number of alkyl halides is 2. The Bertz CT molecular complexity index is 1230. The molecule has 0 bridgehead atoms. The van der Waals surface area contributed by atoms with E-state index in [1.807, 2.05) is 36.1 Å². The van der Waals surface area contributed by atoms with E-state index in [4.69, 9.17) is 10.7 Å². The molecule has 0 unspecified atom stereocenters. The molecule has 10 heteroatoms. The van der Waals surface area contributed by atoms with E-state index >= 15 is 0 Å². The van der Waals surface area contributed by atoms with Gasteiger partial charge in [-0.25, -0.2) is 18.7 Å². The van der Waals surface area contributed by atoms with Crippen LogP contribution in [0.5, 0.6) is 0 Å². The molecule has 1 fully saturated rings. The van der Waals surface area contributed by atoms with Gasteiger partial charge in [0.2, 0.25) is 6.43 Å². The maximum Gasteiger partial charge on any atom is 0.263 e. The van der Waals surface area contributed by atoms with Crippen LogP contribution in [0.1, 0.15) is 33.0 Å². The highest BCUT2D eigenvalue weighted by Gasteiger charge is 2.38. The second kappa shape index (κ2) is 9.07. The normalized spacial score (nSPS) is 22.4. The second-order valence-corrected chi connectivity index (χ2v) is 10.1. The zero-order chi connectivity index (χ0) is 24.0. The van der Waals surface area contributed by atoms with E-state index < -0.39 is 12.3 Å². The number of nitrogens with zero attached hydrogens (tertiary/aromatic N) is 3. The lowest BCUT2D eigenvalue weighted by molar-refractivity contribution is 0.0753. The Morgan fingerprint density at radius 2 is 2.06 bits per heavy atom. The fourth-order valence-electron chi connectivity index (χ4n) is 4.98. The molecule has 0 spiro atoms. The van der Waals surface area contributed by atoms with Crippen molar-refractivity contribution in [1.82, 2.24) is 20.6 Å². The van der Waals surface area contributed by atoms with E-state index in [0.717, 1.165) is 45.8 Å². The Balaban J connectivity index is 1.27. The quantitative estimate of drug-likeness (QED) is 0.513. The largest absolute Gasteiger partial charge is 0.397 e. The van der Waals surface area contributed by atoms with Gasteiger partial charge in [0.25, 0.3) is 5.91 Å². The summed E-state index contributed by atoms with van der Waals surface area (Å²) >= 11 is 1.32. The van der Waals surface area contributed by atoms with Crippen molar-refractivity contribution in [2.45, 2.75) is 44.7 Å². The van der Waals surface area contributed by atoms with E-state index in [-0.39, 0.29) is 18.0 Å². The Labute approximate surface area is 200 Å². The van der Waals surface area contributed by atoms with Crippen LogP contribution in [0.25, 0.3) is 10.2 Å². The molecule has 3 atom stereocenters. The Kier molecular flexibility index (Phi) is 6.11. The summed E-state index contributed by atoms with van der Waals surface area (Å²) in [6.07, 6.45) is -0.205. The maximum atomic E-state index is 13.4. The number of nitrogen functional groups attached to an aromatic ring is 1. The van der Waals surface area contributed by atoms with Crippen molar-refractivity contribution < 1.29 is 13.6 Å². The Hall–Kier alpha value is -2.85. The molecule has 34 heavy (non-hydrogen) atoms. The third-order valence-corrected chi connectivity index (χ3v) is 8.02. The summed E-state index contributed by atoms with van der Waals surface area (Å²) in [6.45, 7) is 2.72. The average Bonchev–Trinajstić information content (AvgIpc) is 3.40. The minimum atomic E-state index is -2.36. The fraction of sp³-hybridized carbons (Fsp3) is 0.458. The number of amides is 1. The number of hydrogen-bond acceptors (Lipinski definition) is 7. The van der Waals surface area contributed by atoms with Gasteiger partial charge in [-0.2, -0.15) is 0 Å². The molecule has 4 N–H and O–H groups in total. The molecule has 1 amide bonds. The van der Waals surface area contributed by atoms with Crippen molar-refractivity contribution in [3.8, 4) is 0 Å². The van der Waals surface area contributed by atoms with Crippen LogP contribution in [0.15, 0.2) is 24.3 Å². The van der Waals surface area contributed by atoms with Gasteiger partial charge in [0.1, 0.15) is 15.5 Å². The SMILES string of the molecule is CN[C@@H]1CN(c2ccc3c(n2)CC[C@H](NC(=O)c2sc4nc(C)ccc4c2N)C3)C[C@H]1C(F)F. The Morgan fingerprint density at radius 3 is 2.79 bits per heavy atom. The van der Waals surface area contributed by atoms with E-state index in [0.29, 0.717) is 30.1 Å². The molecule has 1 aliphatic carbocycles. The first kappa shape index (κ1) is 22.9. The summed E-state index contributed by atoms with van der Waals surface area (Å²) in [5, 5.41) is 6.94. The van der Waals surface area contributed by atoms with Gasteiger partial charge in [-0.3, -0.25) is 4.79 Å².